The molecular formula is C14H18FN3O. The standard InChI is InChI=1S/C14H18FN3O/c1-3-18-10-17-8-12(18)9-19-14-11(7-16-2)5-4-6-13(14)15/h4-6,8,10,16H,3,7,9H2,1-2H3. The molecule has 5 heteroatoms. The highest BCUT2D eigenvalue weighted by Gasteiger charge is 2.10. The van der Waals surface area contributed by atoms with Crippen molar-refractivity contribution in [2.45, 2.75) is 26.6 Å². The van der Waals surface area contributed by atoms with E-state index in [4.69, 9.17) is 4.74 Å². The Labute approximate surface area is 112 Å². The van der Waals surface area contributed by atoms with Crippen LogP contribution in [0, 0.1) is 5.82 Å². The summed E-state index contributed by atoms with van der Waals surface area (Å²) in [6.45, 7) is 3.73. The Morgan fingerprint density at radius 3 is 3.00 bits per heavy atom. The number of para-hydroxylation sites is 1. The summed E-state index contributed by atoms with van der Waals surface area (Å²) in [6, 6.07) is 4.95. The van der Waals surface area contributed by atoms with Gasteiger partial charge in [-0.15, -0.1) is 0 Å². The van der Waals surface area contributed by atoms with Crippen LogP contribution >= 0.6 is 0 Å². The Morgan fingerprint density at radius 1 is 1.42 bits per heavy atom. The summed E-state index contributed by atoms with van der Waals surface area (Å²) in [7, 11) is 1.82. The molecule has 102 valence electrons. The molecular weight excluding hydrogens is 245 g/mol. The van der Waals surface area contributed by atoms with Crippen molar-refractivity contribution in [1.29, 1.82) is 0 Å². The number of hydrogen-bond donors (Lipinski definition) is 1. The van der Waals surface area contributed by atoms with E-state index in [2.05, 4.69) is 10.3 Å². The smallest absolute Gasteiger partial charge is 0.165 e. The average Bonchev–Trinajstić information content (AvgIpc) is 2.86. The van der Waals surface area contributed by atoms with Crippen LogP contribution in [-0.2, 0) is 19.7 Å². The fourth-order valence-corrected chi connectivity index (χ4v) is 1.94. The third kappa shape index (κ3) is 3.12. The first-order chi connectivity index (χ1) is 9.26. The molecule has 0 radical (unpaired) electrons. The summed E-state index contributed by atoms with van der Waals surface area (Å²) in [6.07, 6.45) is 3.48. The number of nitrogens with zero attached hydrogens (tertiary/aromatic N) is 2. The number of benzene rings is 1. The van der Waals surface area contributed by atoms with Crippen LogP contribution < -0.4 is 10.1 Å². The predicted octanol–water partition coefficient (Wildman–Crippen LogP) is 2.34. The highest BCUT2D eigenvalue weighted by atomic mass is 19.1. The maximum Gasteiger partial charge on any atom is 0.165 e. The van der Waals surface area contributed by atoms with Crippen molar-refractivity contribution in [3.05, 3.63) is 47.8 Å². The molecule has 0 atom stereocenters. The Morgan fingerprint density at radius 2 is 2.26 bits per heavy atom. The van der Waals surface area contributed by atoms with E-state index in [0.717, 1.165) is 17.8 Å². The average molecular weight is 263 g/mol. The lowest BCUT2D eigenvalue weighted by atomic mass is 10.2. The molecule has 0 unspecified atom stereocenters. The Hall–Kier alpha value is -1.88. The van der Waals surface area contributed by atoms with Gasteiger partial charge in [0.05, 0.1) is 18.2 Å². The van der Waals surface area contributed by atoms with Gasteiger partial charge in [0.1, 0.15) is 6.61 Å². The van der Waals surface area contributed by atoms with E-state index in [1.807, 2.05) is 24.6 Å². The van der Waals surface area contributed by atoms with Gasteiger partial charge in [0.2, 0.25) is 0 Å². The number of aryl methyl sites for hydroxylation is 1. The van der Waals surface area contributed by atoms with Gasteiger partial charge >= 0.3 is 0 Å². The lowest BCUT2D eigenvalue weighted by Crippen LogP contribution is -2.10. The summed E-state index contributed by atoms with van der Waals surface area (Å²) in [4.78, 5) is 4.06. The normalized spacial score (nSPS) is 10.7. The second-order valence-corrected chi connectivity index (χ2v) is 4.22. The first kappa shape index (κ1) is 13.5. The molecule has 0 bridgehead atoms. The summed E-state index contributed by atoms with van der Waals surface area (Å²) >= 11 is 0. The minimum absolute atomic E-state index is 0.306. The first-order valence-corrected chi connectivity index (χ1v) is 6.30. The van der Waals surface area contributed by atoms with E-state index in [0.29, 0.717) is 18.9 Å². The fraction of sp³-hybridized carbons (Fsp3) is 0.357. The maximum atomic E-state index is 13.8. The van der Waals surface area contributed by atoms with E-state index >= 15 is 0 Å². The van der Waals surface area contributed by atoms with Crippen LogP contribution in [0.1, 0.15) is 18.2 Å². The van der Waals surface area contributed by atoms with E-state index in [1.54, 1.807) is 18.6 Å². The van der Waals surface area contributed by atoms with E-state index in [-0.39, 0.29) is 5.82 Å². The lowest BCUT2D eigenvalue weighted by Gasteiger charge is -2.13. The van der Waals surface area contributed by atoms with Gasteiger partial charge < -0.3 is 14.6 Å². The van der Waals surface area contributed by atoms with E-state index in [9.17, 15) is 4.39 Å². The number of aromatic nitrogens is 2. The van der Waals surface area contributed by atoms with Gasteiger partial charge in [-0.2, -0.15) is 0 Å². The van der Waals surface area contributed by atoms with Gasteiger partial charge in [0, 0.05) is 18.7 Å². The number of imidazole rings is 1. The zero-order valence-electron chi connectivity index (χ0n) is 11.2. The summed E-state index contributed by atoms with van der Waals surface area (Å²) in [5.74, 6) is -0.0315. The van der Waals surface area contributed by atoms with Crippen LogP contribution in [0.3, 0.4) is 0 Å². The Kier molecular flexibility index (Phi) is 4.52. The number of rotatable bonds is 6. The molecule has 1 heterocycles. The second kappa shape index (κ2) is 6.33. The lowest BCUT2D eigenvalue weighted by molar-refractivity contribution is 0.277. The zero-order chi connectivity index (χ0) is 13.7. The predicted molar refractivity (Wildman–Crippen MR) is 71.4 cm³/mol. The molecule has 0 fully saturated rings. The first-order valence-electron chi connectivity index (χ1n) is 6.30. The van der Waals surface area contributed by atoms with Gasteiger partial charge in [-0.05, 0) is 20.0 Å². The second-order valence-electron chi connectivity index (χ2n) is 4.22. The zero-order valence-corrected chi connectivity index (χ0v) is 11.2. The van der Waals surface area contributed by atoms with Gasteiger partial charge in [-0.25, -0.2) is 9.37 Å². The van der Waals surface area contributed by atoms with Crippen molar-refractivity contribution in [3.63, 3.8) is 0 Å². The highest BCUT2D eigenvalue weighted by Crippen LogP contribution is 2.23. The number of nitrogens with one attached hydrogen (secondary N) is 1. The van der Waals surface area contributed by atoms with Crippen molar-refractivity contribution < 1.29 is 9.13 Å². The third-order valence-corrected chi connectivity index (χ3v) is 2.92. The van der Waals surface area contributed by atoms with Crippen LogP contribution in [0.15, 0.2) is 30.7 Å². The number of halogens is 1. The fourth-order valence-electron chi connectivity index (χ4n) is 1.94. The molecule has 1 aromatic carbocycles. The molecule has 0 aliphatic rings. The molecule has 0 aliphatic carbocycles. The van der Waals surface area contributed by atoms with Crippen molar-refractivity contribution >= 4 is 0 Å². The number of hydrogen-bond acceptors (Lipinski definition) is 3. The molecule has 0 saturated carbocycles. The molecule has 0 saturated heterocycles. The third-order valence-electron chi connectivity index (χ3n) is 2.92. The molecule has 4 nitrogen and oxygen atoms in total. The SMILES string of the molecule is CCn1cncc1COc1c(F)cccc1CNC. The molecule has 0 aliphatic heterocycles. The van der Waals surface area contributed by atoms with E-state index < -0.39 is 0 Å². The van der Waals surface area contributed by atoms with Crippen LogP contribution in [-0.4, -0.2) is 16.6 Å². The van der Waals surface area contributed by atoms with Crippen LogP contribution in [0.2, 0.25) is 0 Å². The molecule has 0 spiro atoms. The number of ether oxygens (including phenoxy) is 1. The molecule has 2 rings (SSSR count). The van der Waals surface area contributed by atoms with Crippen LogP contribution in [0.25, 0.3) is 0 Å². The molecule has 19 heavy (non-hydrogen) atoms. The molecule has 1 N–H and O–H groups in total. The van der Waals surface area contributed by atoms with Crippen LogP contribution in [0.4, 0.5) is 4.39 Å². The largest absolute Gasteiger partial charge is 0.484 e. The summed E-state index contributed by atoms with van der Waals surface area (Å²) < 4.78 is 21.4. The van der Waals surface area contributed by atoms with Gasteiger partial charge in [-0.3, -0.25) is 0 Å². The quantitative estimate of drug-likeness (QED) is 0.869. The van der Waals surface area contributed by atoms with Crippen molar-refractivity contribution in [2.75, 3.05) is 7.05 Å². The minimum atomic E-state index is -0.338. The summed E-state index contributed by atoms with van der Waals surface area (Å²) in [5.41, 5.74) is 1.74. The van der Waals surface area contributed by atoms with Crippen molar-refractivity contribution in [2.24, 2.45) is 0 Å². The minimum Gasteiger partial charge on any atom is -0.484 e. The van der Waals surface area contributed by atoms with Gasteiger partial charge in [0.25, 0.3) is 0 Å². The Balaban J connectivity index is 2.15. The van der Waals surface area contributed by atoms with Crippen molar-refractivity contribution in [1.82, 2.24) is 14.9 Å². The van der Waals surface area contributed by atoms with Crippen molar-refractivity contribution in [3.8, 4) is 5.75 Å². The van der Waals surface area contributed by atoms with Gasteiger partial charge in [0.15, 0.2) is 11.6 Å². The molecule has 1 aromatic heterocycles. The molecule has 2 aromatic rings. The maximum absolute atomic E-state index is 13.8. The monoisotopic (exact) mass is 263 g/mol. The summed E-state index contributed by atoms with van der Waals surface area (Å²) in [5, 5.41) is 3.00. The highest BCUT2D eigenvalue weighted by molar-refractivity contribution is 5.35. The van der Waals surface area contributed by atoms with Gasteiger partial charge in [-0.1, -0.05) is 12.1 Å². The van der Waals surface area contributed by atoms with Crippen LogP contribution in [0.5, 0.6) is 5.75 Å². The Bertz CT molecular complexity index is 539. The van der Waals surface area contributed by atoms with E-state index in [1.165, 1.54) is 6.07 Å². The topological polar surface area (TPSA) is 39.1 Å². The molecule has 0 amide bonds.